The van der Waals surface area contributed by atoms with Gasteiger partial charge in [-0.3, -0.25) is 4.79 Å². The van der Waals surface area contributed by atoms with Gasteiger partial charge in [-0.1, -0.05) is 46.3 Å². The van der Waals surface area contributed by atoms with Gasteiger partial charge in [-0.05, 0) is 36.6 Å². The fourth-order valence-corrected chi connectivity index (χ4v) is 4.56. The van der Waals surface area contributed by atoms with Crippen LogP contribution in [0.1, 0.15) is 36.3 Å². The molecule has 4 rings (SSSR count). The van der Waals surface area contributed by atoms with E-state index in [2.05, 4.69) is 22.0 Å². The summed E-state index contributed by atoms with van der Waals surface area (Å²) in [7, 11) is 1.82. The number of nitrogens with two attached hydrogens (primary N) is 1. The molecule has 2 aliphatic rings. The Morgan fingerprint density at radius 2 is 2.00 bits per heavy atom. The second-order valence-corrected chi connectivity index (χ2v) is 8.41. The van der Waals surface area contributed by atoms with Crippen LogP contribution in [0.15, 0.2) is 75.7 Å². The Labute approximate surface area is 184 Å². The maximum atomic E-state index is 13.0. The van der Waals surface area contributed by atoms with E-state index in [9.17, 15) is 10.1 Å². The van der Waals surface area contributed by atoms with Crippen LogP contribution in [-0.2, 0) is 11.4 Å². The average Bonchev–Trinajstić information content (AvgIpc) is 2.76. The Balaban J connectivity index is 1.82. The van der Waals surface area contributed by atoms with E-state index < -0.39 is 5.92 Å². The van der Waals surface area contributed by atoms with Gasteiger partial charge in [-0.25, -0.2) is 0 Å². The summed E-state index contributed by atoms with van der Waals surface area (Å²) in [5.41, 5.74) is 10.1. The van der Waals surface area contributed by atoms with Crippen LogP contribution in [0.2, 0.25) is 0 Å². The van der Waals surface area contributed by atoms with E-state index in [0.29, 0.717) is 35.7 Å². The van der Waals surface area contributed by atoms with Gasteiger partial charge in [0.05, 0.1) is 17.6 Å². The Morgan fingerprint density at radius 1 is 1.23 bits per heavy atom. The Kier molecular flexibility index (Phi) is 5.65. The molecule has 0 saturated heterocycles. The van der Waals surface area contributed by atoms with Gasteiger partial charge in [-0.2, -0.15) is 5.26 Å². The zero-order valence-corrected chi connectivity index (χ0v) is 18.3. The molecule has 0 unspecified atom stereocenters. The van der Waals surface area contributed by atoms with Crippen LogP contribution in [-0.4, -0.2) is 17.7 Å². The highest BCUT2D eigenvalue weighted by atomic mass is 79.9. The number of benzene rings is 2. The molecule has 1 aliphatic carbocycles. The minimum Gasteiger partial charge on any atom is -0.489 e. The number of nitriles is 1. The lowest BCUT2D eigenvalue weighted by Gasteiger charge is -2.38. The number of rotatable bonds is 4. The van der Waals surface area contributed by atoms with Crippen molar-refractivity contribution >= 4 is 21.7 Å². The van der Waals surface area contributed by atoms with Crippen molar-refractivity contribution in [2.75, 3.05) is 7.05 Å². The predicted molar refractivity (Wildman–Crippen MR) is 118 cm³/mol. The minimum atomic E-state index is -0.530. The smallest absolute Gasteiger partial charge is 0.161 e. The van der Waals surface area contributed by atoms with Gasteiger partial charge in [-0.15, -0.1) is 0 Å². The molecule has 5 nitrogen and oxygen atoms in total. The van der Waals surface area contributed by atoms with Gasteiger partial charge < -0.3 is 15.4 Å². The first-order chi connectivity index (χ1) is 14.5. The molecule has 1 heterocycles. The highest BCUT2D eigenvalue weighted by molar-refractivity contribution is 9.10. The molecule has 2 aromatic rings. The van der Waals surface area contributed by atoms with Crippen LogP contribution >= 0.6 is 15.9 Å². The Hall–Kier alpha value is -3.04. The first-order valence-corrected chi connectivity index (χ1v) is 10.7. The Bertz CT molecular complexity index is 1100. The van der Waals surface area contributed by atoms with E-state index in [0.717, 1.165) is 34.1 Å². The molecule has 0 bridgehead atoms. The molecule has 6 heteroatoms. The van der Waals surface area contributed by atoms with Gasteiger partial charge >= 0.3 is 0 Å². The molecule has 0 radical (unpaired) electrons. The molecule has 0 spiro atoms. The predicted octanol–water partition coefficient (Wildman–Crippen LogP) is 4.76. The van der Waals surface area contributed by atoms with Gasteiger partial charge in [0, 0.05) is 34.8 Å². The maximum Gasteiger partial charge on any atom is 0.161 e. The SMILES string of the molecule is CN1C(N)=C(C#N)[C@H](c2cc(Br)ccc2OCc2ccccc2)C2=C1CCCC2=O. The number of hydrogen-bond acceptors (Lipinski definition) is 5. The molecule has 2 N–H and O–H groups in total. The second-order valence-electron chi connectivity index (χ2n) is 7.50. The van der Waals surface area contributed by atoms with Gasteiger partial charge in [0.2, 0.25) is 0 Å². The molecule has 1 aliphatic heterocycles. The monoisotopic (exact) mass is 463 g/mol. The first-order valence-electron chi connectivity index (χ1n) is 9.87. The fraction of sp³-hybridized carbons (Fsp3) is 0.250. The van der Waals surface area contributed by atoms with Crippen LogP contribution in [0.25, 0.3) is 0 Å². The molecule has 0 amide bonds. The lowest BCUT2D eigenvalue weighted by molar-refractivity contribution is -0.116. The lowest BCUT2D eigenvalue weighted by Crippen LogP contribution is -2.36. The lowest BCUT2D eigenvalue weighted by atomic mass is 9.75. The molecular formula is C24H22BrN3O2. The second kappa shape index (κ2) is 8.37. The number of ether oxygens (including phenoxy) is 1. The molecule has 30 heavy (non-hydrogen) atoms. The first kappa shape index (κ1) is 20.2. The number of ketones is 1. The van der Waals surface area contributed by atoms with Gasteiger partial charge in [0.15, 0.2) is 5.78 Å². The van der Waals surface area contributed by atoms with Crippen molar-refractivity contribution in [3.05, 3.63) is 86.8 Å². The number of nitrogens with zero attached hydrogens (tertiary/aromatic N) is 2. The van der Waals surface area contributed by atoms with Gasteiger partial charge in [0.25, 0.3) is 0 Å². The molecular weight excluding hydrogens is 442 g/mol. The zero-order chi connectivity index (χ0) is 21.3. The molecule has 2 aromatic carbocycles. The third-order valence-electron chi connectivity index (χ3n) is 5.69. The van der Waals surface area contributed by atoms with Crippen molar-refractivity contribution in [2.24, 2.45) is 5.73 Å². The molecule has 0 aromatic heterocycles. The Morgan fingerprint density at radius 3 is 2.73 bits per heavy atom. The topological polar surface area (TPSA) is 79.3 Å². The van der Waals surface area contributed by atoms with Crippen molar-refractivity contribution in [3.63, 3.8) is 0 Å². The van der Waals surface area contributed by atoms with Crippen LogP contribution in [0, 0.1) is 11.3 Å². The molecule has 152 valence electrons. The highest BCUT2D eigenvalue weighted by Crippen LogP contribution is 2.47. The third kappa shape index (κ3) is 3.61. The number of Topliss-reactive ketones (excluding diaryl/α,β-unsaturated/α-hetero) is 1. The highest BCUT2D eigenvalue weighted by Gasteiger charge is 2.39. The van der Waals surface area contributed by atoms with E-state index in [1.165, 1.54) is 0 Å². The number of allylic oxidation sites excluding steroid dienone is 3. The summed E-state index contributed by atoms with van der Waals surface area (Å²) in [6.07, 6.45) is 2.04. The largest absolute Gasteiger partial charge is 0.489 e. The number of carbonyl (C=O) groups excluding carboxylic acids is 1. The van der Waals surface area contributed by atoms with Gasteiger partial charge in [0.1, 0.15) is 18.2 Å². The van der Waals surface area contributed by atoms with Crippen molar-refractivity contribution in [3.8, 4) is 11.8 Å². The third-order valence-corrected chi connectivity index (χ3v) is 6.18. The van der Waals surface area contributed by atoms with Crippen molar-refractivity contribution < 1.29 is 9.53 Å². The summed E-state index contributed by atoms with van der Waals surface area (Å²) < 4.78 is 7.01. The maximum absolute atomic E-state index is 13.0. The van der Waals surface area contributed by atoms with E-state index in [4.69, 9.17) is 10.5 Å². The van der Waals surface area contributed by atoms with Crippen molar-refractivity contribution in [1.29, 1.82) is 5.26 Å². The zero-order valence-electron chi connectivity index (χ0n) is 16.7. The molecule has 1 atom stereocenters. The minimum absolute atomic E-state index is 0.0716. The van der Waals surface area contributed by atoms with E-state index in [1.807, 2.05) is 55.6 Å². The number of halogens is 1. The summed E-state index contributed by atoms with van der Waals surface area (Å²) in [5.74, 6) is 0.576. The molecule has 0 fully saturated rings. The van der Waals surface area contributed by atoms with Crippen LogP contribution < -0.4 is 10.5 Å². The van der Waals surface area contributed by atoms with E-state index in [1.54, 1.807) is 4.90 Å². The van der Waals surface area contributed by atoms with Crippen molar-refractivity contribution in [1.82, 2.24) is 4.90 Å². The summed E-state index contributed by atoms with van der Waals surface area (Å²) >= 11 is 3.53. The van der Waals surface area contributed by atoms with E-state index in [-0.39, 0.29) is 5.78 Å². The average molecular weight is 464 g/mol. The summed E-state index contributed by atoms with van der Waals surface area (Å²) in [4.78, 5) is 14.8. The van der Waals surface area contributed by atoms with Crippen LogP contribution in [0.4, 0.5) is 0 Å². The summed E-state index contributed by atoms with van der Waals surface area (Å²) in [6, 6.07) is 17.8. The fourth-order valence-electron chi connectivity index (χ4n) is 4.19. The normalized spacial score (nSPS) is 18.9. The standard InChI is InChI=1S/C24H22BrN3O2/c1-28-19-8-5-9-20(29)23(19)22(18(13-26)24(28)27)17-12-16(25)10-11-21(17)30-14-15-6-3-2-4-7-15/h2-4,6-7,10-12,22H,5,8-9,14,27H2,1H3/t22-/m0/s1. The number of hydrogen-bond donors (Lipinski definition) is 1. The summed E-state index contributed by atoms with van der Waals surface area (Å²) in [5, 5.41) is 9.95. The molecule has 0 saturated carbocycles. The number of carbonyl (C=O) groups is 1. The summed E-state index contributed by atoms with van der Waals surface area (Å²) in [6.45, 7) is 0.392. The van der Waals surface area contributed by atoms with Crippen LogP contribution in [0.3, 0.4) is 0 Å². The van der Waals surface area contributed by atoms with E-state index >= 15 is 0 Å². The quantitative estimate of drug-likeness (QED) is 0.706. The van der Waals surface area contributed by atoms with Crippen LogP contribution in [0.5, 0.6) is 5.75 Å². The van der Waals surface area contributed by atoms with Crippen molar-refractivity contribution in [2.45, 2.75) is 31.8 Å².